The molecule has 3 aromatic rings. The van der Waals surface area contributed by atoms with Crippen LogP contribution in [0.2, 0.25) is 0 Å². The minimum Gasteiger partial charge on any atom is -0.367 e. The molecular weight excluding hydrogens is 445 g/mol. The first kappa shape index (κ1) is 22.6. The van der Waals surface area contributed by atoms with Crippen molar-refractivity contribution in [3.63, 3.8) is 0 Å². The van der Waals surface area contributed by atoms with Crippen LogP contribution in [-0.4, -0.2) is 28.0 Å². The van der Waals surface area contributed by atoms with Gasteiger partial charge in [-0.15, -0.1) is 11.6 Å². The Morgan fingerprint density at radius 2 is 1.84 bits per heavy atom. The fourth-order valence-electron chi connectivity index (χ4n) is 3.69. The smallest absolute Gasteiger partial charge is 0.191 e. The number of alkyl halides is 1. The lowest BCUT2D eigenvalue weighted by Gasteiger charge is -2.18. The van der Waals surface area contributed by atoms with Crippen LogP contribution in [0.3, 0.4) is 0 Å². The summed E-state index contributed by atoms with van der Waals surface area (Å²) in [6, 6.07) is 16.0. The first-order chi connectivity index (χ1) is 15.6. The molecule has 0 radical (unpaired) electrons. The van der Waals surface area contributed by atoms with Gasteiger partial charge in [-0.2, -0.15) is 0 Å². The van der Waals surface area contributed by atoms with Gasteiger partial charge in [-0.1, -0.05) is 61.0 Å². The molecule has 0 bridgehead atoms. The molecule has 1 saturated carbocycles. The third kappa shape index (κ3) is 5.78. The van der Waals surface area contributed by atoms with Crippen LogP contribution in [0.4, 0.5) is 21.7 Å². The van der Waals surface area contributed by atoms with E-state index in [2.05, 4.69) is 15.6 Å². The molecule has 1 atom stereocenters. The van der Waals surface area contributed by atoms with Crippen LogP contribution >= 0.6 is 23.4 Å². The molecule has 8 heteroatoms. The van der Waals surface area contributed by atoms with Crippen molar-refractivity contribution in [2.75, 3.05) is 17.2 Å². The highest BCUT2D eigenvalue weighted by Crippen LogP contribution is 2.35. The average molecular weight is 470 g/mol. The number of hydrogen-bond donors (Lipinski definition) is 3. The van der Waals surface area contributed by atoms with Gasteiger partial charge in [0.25, 0.3) is 0 Å². The molecule has 1 aromatic heterocycles. The largest absolute Gasteiger partial charge is 0.367 e. The maximum Gasteiger partial charge on any atom is 0.191 e. The van der Waals surface area contributed by atoms with Gasteiger partial charge in [-0.05, 0) is 36.6 Å². The Bertz CT molecular complexity index is 1060. The number of halogens is 2. The molecule has 3 N–H and O–H groups in total. The summed E-state index contributed by atoms with van der Waals surface area (Å²) < 4.78 is 13.7. The van der Waals surface area contributed by atoms with E-state index in [0.29, 0.717) is 39.8 Å². The standard InChI is InChI=1S/C24H25ClFN5S/c25-21(16-7-2-1-3-8-16)15-28-22-20(14-27)23(29-18-10-6-9-17(26)13-18)31-24(30-22)32-19-11-4-5-12-19/h1-3,6-10,13-14,19,21,27H,4-5,11-12,15H2,(H2,28,29,30,31). The minimum atomic E-state index is -0.341. The van der Waals surface area contributed by atoms with Crippen molar-refractivity contribution in [1.82, 2.24) is 9.97 Å². The van der Waals surface area contributed by atoms with Crippen LogP contribution in [0.25, 0.3) is 0 Å². The van der Waals surface area contributed by atoms with E-state index >= 15 is 0 Å². The molecule has 4 rings (SSSR count). The Labute approximate surface area is 196 Å². The number of benzene rings is 2. The summed E-state index contributed by atoms with van der Waals surface area (Å²) in [7, 11) is 0. The highest BCUT2D eigenvalue weighted by atomic mass is 35.5. The van der Waals surface area contributed by atoms with Crippen LogP contribution < -0.4 is 10.6 Å². The summed E-state index contributed by atoms with van der Waals surface area (Å²) >= 11 is 8.25. The minimum absolute atomic E-state index is 0.254. The maximum absolute atomic E-state index is 13.7. The molecular formula is C24H25ClFN5S. The fourth-order valence-corrected chi connectivity index (χ4v) is 5.07. The van der Waals surface area contributed by atoms with Crippen molar-refractivity contribution < 1.29 is 4.39 Å². The van der Waals surface area contributed by atoms with Gasteiger partial charge < -0.3 is 16.0 Å². The Hall–Kier alpha value is -2.64. The Balaban J connectivity index is 1.62. The summed E-state index contributed by atoms with van der Waals surface area (Å²) in [4.78, 5) is 9.38. The zero-order chi connectivity index (χ0) is 22.3. The van der Waals surface area contributed by atoms with E-state index in [9.17, 15) is 4.39 Å². The van der Waals surface area contributed by atoms with Crippen LogP contribution in [0.15, 0.2) is 59.8 Å². The van der Waals surface area contributed by atoms with E-state index < -0.39 is 0 Å². The lowest BCUT2D eigenvalue weighted by atomic mass is 10.1. The van der Waals surface area contributed by atoms with Gasteiger partial charge in [0.1, 0.15) is 17.5 Å². The van der Waals surface area contributed by atoms with E-state index in [4.69, 9.17) is 22.0 Å². The van der Waals surface area contributed by atoms with E-state index in [1.165, 1.54) is 31.2 Å². The van der Waals surface area contributed by atoms with E-state index in [-0.39, 0.29) is 11.2 Å². The lowest BCUT2D eigenvalue weighted by Crippen LogP contribution is -2.14. The van der Waals surface area contributed by atoms with Gasteiger partial charge in [0.2, 0.25) is 0 Å². The Morgan fingerprint density at radius 3 is 2.56 bits per heavy atom. The third-order valence-corrected chi connectivity index (χ3v) is 6.95. The second-order valence-electron chi connectivity index (χ2n) is 7.68. The van der Waals surface area contributed by atoms with Crippen LogP contribution in [0.5, 0.6) is 0 Å². The number of anilines is 3. The lowest BCUT2D eigenvalue weighted by molar-refractivity contribution is 0.628. The molecule has 0 saturated heterocycles. The molecule has 1 fully saturated rings. The second-order valence-corrected chi connectivity index (χ2v) is 9.47. The van der Waals surface area contributed by atoms with Crippen LogP contribution in [0.1, 0.15) is 42.2 Å². The molecule has 1 aliphatic carbocycles. The van der Waals surface area contributed by atoms with Crippen LogP contribution in [0, 0.1) is 11.2 Å². The molecule has 1 aliphatic rings. The van der Waals surface area contributed by atoms with Gasteiger partial charge in [0, 0.05) is 23.7 Å². The summed E-state index contributed by atoms with van der Waals surface area (Å²) in [5, 5.41) is 15.3. The molecule has 1 heterocycles. The van der Waals surface area contributed by atoms with Gasteiger partial charge >= 0.3 is 0 Å². The summed E-state index contributed by atoms with van der Waals surface area (Å²) in [5.41, 5.74) is 2.07. The molecule has 32 heavy (non-hydrogen) atoms. The number of nitrogens with one attached hydrogen (secondary N) is 3. The molecule has 0 amide bonds. The molecule has 0 spiro atoms. The van der Waals surface area contributed by atoms with Crippen molar-refractivity contribution in [3.05, 3.63) is 71.5 Å². The number of rotatable bonds is 9. The van der Waals surface area contributed by atoms with Crippen LogP contribution in [-0.2, 0) is 0 Å². The first-order valence-electron chi connectivity index (χ1n) is 10.7. The second kappa shape index (κ2) is 10.8. The predicted octanol–water partition coefficient (Wildman–Crippen LogP) is 6.78. The van der Waals surface area contributed by atoms with Gasteiger partial charge in [0.15, 0.2) is 5.16 Å². The van der Waals surface area contributed by atoms with Crippen molar-refractivity contribution in [3.8, 4) is 0 Å². The number of nitrogens with zero attached hydrogens (tertiary/aromatic N) is 2. The third-order valence-electron chi connectivity index (χ3n) is 5.34. The zero-order valence-corrected chi connectivity index (χ0v) is 19.1. The van der Waals surface area contributed by atoms with Gasteiger partial charge in [-0.3, -0.25) is 0 Å². The van der Waals surface area contributed by atoms with Crippen molar-refractivity contribution >= 4 is 46.9 Å². The Morgan fingerprint density at radius 1 is 1.09 bits per heavy atom. The van der Waals surface area contributed by atoms with Gasteiger partial charge in [-0.25, -0.2) is 14.4 Å². The highest BCUT2D eigenvalue weighted by molar-refractivity contribution is 7.99. The SMILES string of the molecule is N=Cc1c(NCC(Cl)c2ccccc2)nc(SC2CCCC2)nc1Nc1cccc(F)c1. The maximum atomic E-state index is 13.7. The highest BCUT2D eigenvalue weighted by Gasteiger charge is 2.21. The first-order valence-corrected chi connectivity index (χ1v) is 12.0. The van der Waals surface area contributed by atoms with E-state index in [1.807, 2.05) is 30.3 Å². The monoisotopic (exact) mass is 469 g/mol. The van der Waals surface area contributed by atoms with Gasteiger partial charge in [0.05, 0.1) is 10.9 Å². The van der Waals surface area contributed by atoms with E-state index in [1.54, 1.807) is 23.9 Å². The fraction of sp³-hybridized carbons (Fsp3) is 0.292. The molecule has 5 nitrogen and oxygen atoms in total. The average Bonchev–Trinajstić information content (AvgIpc) is 3.31. The number of thioether (sulfide) groups is 1. The summed E-state index contributed by atoms with van der Waals surface area (Å²) in [6.45, 7) is 0.441. The predicted molar refractivity (Wildman–Crippen MR) is 131 cm³/mol. The van der Waals surface area contributed by atoms with Crippen molar-refractivity contribution in [2.24, 2.45) is 0 Å². The van der Waals surface area contributed by atoms with E-state index in [0.717, 1.165) is 18.4 Å². The number of hydrogen-bond acceptors (Lipinski definition) is 6. The molecule has 166 valence electrons. The molecule has 1 unspecified atom stereocenters. The molecule has 2 aromatic carbocycles. The summed E-state index contributed by atoms with van der Waals surface area (Å²) in [5.74, 6) is 0.664. The normalized spacial score (nSPS) is 14.8. The van der Waals surface area contributed by atoms with Crippen molar-refractivity contribution in [2.45, 2.75) is 41.5 Å². The topological polar surface area (TPSA) is 73.7 Å². The quantitative estimate of drug-likeness (QED) is 0.183. The van der Waals surface area contributed by atoms with Crippen molar-refractivity contribution in [1.29, 1.82) is 5.41 Å². The molecule has 0 aliphatic heterocycles. The number of aromatic nitrogens is 2. The Kier molecular flexibility index (Phi) is 7.60. The summed E-state index contributed by atoms with van der Waals surface area (Å²) in [6.07, 6.45) is 5.95. The zero-order valence-electron chi connectivity index (χ0n) is 17.5.